The molecule has 0 radical (unpaired) electrons. The number of hydrogen-bond acceptors (Lipinski definition) is 15. The minimum Gasteiger partial charge on any atom is -0.672 e. The molecule has 22 heteroatoms. The molecule has 0 fully saturated rings. The van der Waals surface area contributed by atoms with E-state index in [1.54, 1.807) is 0 Å². The maximum atomic E-state index is 8.52. The summed E-state index contributed by atoms with van der Waals surface area (Å²) in [6.07, 6.45) is 0. The molecule has 0 atom stereocenters. The van der Waals surface area contributed by atoms with Crippen LogP contribution in [0.5, 0.6) is 0 Å². The molecule has 0 saturated heterocycles. The summed E-state index contributed by atoms with van der Waals surface area (Å²) in [5.74, 6) is 0. The van der Waals surface area contributed by atoms with Crippen LogP contribution >= 0.6 is 0 Å². The zero-order valence-corrected chi connectivity index (χ0v) is 18.4. The first kappa shape index (κ1) is 43.0. The summed E-state index contributed by atoms with van der Waals surface area (Å²) in [4.78, 5) is 85.2. The van der Waals surface area contributed by atoms with Crippen LogP contribution in [0.25, 0.3) is 0 Å². The summed E-state index contributed by atoms with van der Waals surface area (Å²) >= 11 is 0. The third-order valence-electron chi connectivity index (χ3n) is 0. The van der Waals surface area contributed by atoms with Gasteiger partial charge in [0.25, 0.3) is 0 Å². The zero-order chi connectivity index (χ0) is 17.9. The Labute approximate surface area is 171 Å². The second kappa shape index (κ2) is 37.1. The predicted octanol–water partition coefficient (Wildman–Crippen LogP) is -17.1. The fourth-order valence-corrected chi connectivity index (χ4v) is 0. The molecule has 0 bridgehead atoms. The quantitative estimate of drug-likeness (QED) is 0.318. The molecular formula is H6AlNaO15Si5. The molecule has 120 valence electrons. The van der Waals surface area contributed by atoms with Gasteiger partial charge in [0.05, 0.1) is 0 Å². The van der Waals surface area contributed by atoms with Crippen molar-refractivity contribution in [3.05, 3.63) is 0 Å². The first-order chi connectivity index (χ1) is 8.66. The van der Waals surface area contributed by atoms with E-state index in [-0.39, 0.29) is 55.5 Å². The molecule has 0 aromatic carbocycles. The summed E-state index contributed by atoms with van der Waals surface area (Å²) in [6, 6.07) is 0. The Morgan fingerprint density at radius 2 is 0.409 bits per heavy atom. The molecule has 0 aliphatic rings. The SMILES string of the molecule is O=[Si]([O-])[O-].O=[Si]([O-])[O-].O=[Si]([O-])[O-].O=[Si]([O-])[O-].O=[Si]([O-])[O-].[Al+3].[H+].[H+].[H+].[H+].[H+].[H+].[Na+]. The van der Waals surface area contributed by atoms with Gasteiger partial charge in [-0.2, -0.15) is 0 Å². The topological polar surface area (TPSA) is 316 Å². The van der Waals surface area contributed by atoms with E-state index in [0.29, 0.717) is 0 Å². The van der Waals surface area contributed by atoms with Gasteiger partial charge in [-0.25, -0.2) is 0 Å². The Morgan fingerprint density at radius 1 is 0.409 bits per heavy atom. The maximum Gasteiger partial charge on any atom is 3.00 e. The van der Waals surface area contributed by atoms with Gasteiger partial charge in [-0.3, -0.25) is 0 Å². The van der Waals surface area contributed by atoms with Crippen molar-refractivity contribution in [2.75, 3.05) is 0 Å². The Morgan fingerprint density at radius 3 is 0.409 bits per heavy atom. The van der Waals surface area contributed by atoms with Gasteiger partial charge < -0.3 is 70.3 Å². The first-order valence-electron chi connectivity index (χ1n) is 3.06. The van der Waals surface area contributed by atoms with Crippen LogP contribution in [0.1, 0.15) is 8.56 Å². The molecule has 0 heterocycles. The van der Waals surface area contributed by atoms with E-state index < -0.39 is 45.9 Å². The van der Waals surface area contributed by atoms with Crippen molar-refractivity contribution in [2.45, 2.75) is 0 Å². The van der Waals surface area contributed by atoms with E-state index in [1.165, 1.54) is 0 Å². The smallest absolute Gasteiger partial charge is 0.672 e. The molecule has 0 aliphatic carbocycles. The Bertz CT molecular complexity index is 234. The summed E-state index contributed by atoms with van der Waals surface area (Å²) < 4.78 is 42.6. The van der Waals surface area contributed by atoms with Crippen LogP contribution in [0, 0.1) is 0 Å². The second-order valence-corrected chi connectivity index (χ2v) is 3.75. The van der Waals surface area contributed by atoms with Crippen molar-refractivity contribution in [3.8, 4) is 0 Å². The third-order valence-corrected chi connectivity index (χ3v) is 0. The van der Waals surface area contributed by atoms with Crippen molar-refractivity contribution in [2.24, 2.45) is 0 Å². The van der Waals surface area contributed by atoms with Gasteiger partial charge in [0.1, 0.15) is 0 Å². The van der Waals surface area contributed by atoms with E-state index in [0.717, 1.165) is 0 Å². The van der Waals surface area contributed by atoms with Crippen LogP contribution in [0.15, 0.2) is 0 Å². The minimum absolute atomic E-state index is 0. The van der Waals surface area contributed by atoms with Crippen molar-refractivity contribution >= 4 is 63.2 Å². The fraction of sp³-hybridized carbons (Fsp3) is 0. The van der Waals surface area contributed by atoms with Crippen LogP contribution in [0.2, 0.25) is 0 Å². The van der Waals surface area contributed by atoms with Crippen LogP contribution in [0.4, 0.5) is 0 Å². The van der Waals surface area contributed by atoms with Crippen LogP contribution < -0.4 is 77.5 Å². The van der Waals surface area contributed by atoms with Gasteiger partial charge >= 0.3 is 55.5 Å². The van der Waals surface area contributed by atoms with E-state index in [2.05, 4.69) is 0 Å². The molecule has 0 rings (SSSR count). The molecule has 22 heavy (non-hydrogen) atoms. The Hall–Kier alpha value is -0.383. The molecule has 0 saturated carbocycles. The van der Waals surface area contributed by atoms with E-state index in [9.17, 15) is 0 Å². The van der Waals surface area contributed by atoms with Crippen molar-refractivity contribution < 1.29 is 108 Å². The molecule has 0 aromatic heterocycles. The largest absolute Gasteiger partial charge is 3.00 e. The van der Waals surface area contributed by atoms with Crippen molar-refractivity contribution in [1.82, 2.24) is 0 Å². The molecular weight excluding hydrogens is 430 g/mol. The van der Waals surface area contributed by atoms with Gasteiger partial charge in [0, 0.05) is 45.9 Å². The second-order valence-electron chi connectivity index (χ2n) is 1.25. The van der Waals surface area contributed by atoms with E-state index in [4.69, 9.17) is 70.3 Å². The molecule has 15 nitrogen and oxygen atoms in total. The molecule has 0 aromatic rings. The number of rotatable bonds is 0. The monoisotopic (exact) mass is 436 g/mol. The van der Waals surface area contributed by atoms with Crippen LogP contribution in [-0.2, 0) is 22.3 Å². The Balaban J connectivity index is -0.00000000852. The number of hydrogen-bond donors (Lipinski definition) is 0. The molecule has 0 amide bonds. The Kier molecular flexibility index (Phi) is 72.6. The van der Waals surface area contributed by atoms with Crippen molar-refractivity contribution in [3.63, 3.8) is 0 Å². The average Bonchev–Trinajstić information content (AvgIpc) is 1.94. The standard InChI is InChI=1S/Al.Na.5O3Si/c;;5*1-4(2)3/q+3;+1;5*-2/p+6. The van der Waals surface area contributed by atoms with Gasteiger partial charge in [-0.1, -0.05) is 0 Å². The average molecular weight is 436 g/mol. The van der Waals surface area contributed by atoms with Crippen molar-refractivity contribution in [1.29, 1.82) is 0 Å². The molecule has 0 unspecified atom stereocenters. The van der Waals surface area contributed by atoms with Gasteiger partial charge in [0.2, 0.25) is 0 Å². The fourth-order valence-electron chi connectivity index (χ4n) is 0. The molecule has 0 N–H and O–H groups in total. The summed E-state index contributed by atoms with van der Waals surface area (Å²) in [5.41, 5.74) is 0. The zero-order valence-electron chi connectivity index (χ0n) is 16.2. The van der Waals surface area contributed by atoms with Crippen LogP contribution in [0.3, 0.4) is 0 Å². The van der Waals surface area contributed by atoms with Crippen LogP contribution in [-0.4, -0.2) is 63.2 Å². The third kappa shape index (κ3) is 46300. The molecule has 0 spiro atoms. The predicted molar refractivity (Wildman–Crippen MR) is 44.6 cm³/mol. The van der Waals surface area contributed by atoms with E-state index in [1.807, 2.05) is 0 Å². The van der Waals surface area contributed by atoms with Gasteiger partial charge in [0.15, 0.2) is 0 Å². The maximum absolute atomic E-state index is 8.52. The van der Waals surface area contributed by atoms with Gasteiger partial charge in [-0.15, -0.1) is 0 Å². The summed E-state index contributed by atoms with van der Waals surface area (Å²) in [6.45, 7) is 0. The van der Waals surface area contributed by atoms with Gasteiger partial charge in [-0.05, 0) is 0 Å². The summed E-state index contributed by atoms with van der Waals surface area (Å²) in [7, 11) is -18.1. The molecule has 0 aliphatic heterocycles. The first-order valence-corrected chi connectivity index (χ1v) is 9.19. The normalized spacial score (nSPS) is 5.45. The van der Waals surface area contributed by atoms with E-state index >= 15 is 0 Å². The summed E-state index contributed by atoms with van der Waals surface area (Å²) in [5, 5.41) is 0. The minimum atomic E-state index is -3.63.